The van der Waals surface area contributed by atoms with E-state index in [0.717, 1.165) is 26.9 Å². The van der Waals surface area contributed by atoms with E-state index in [4.69, 9.17) is 16.6 Å². The molecule has 28 heavy (non-hydrogen) atoms. The van der Waals surface area contributed by atoms with Gasteiger partial charge in [0.15, 0.2) is 5.13 Å². The fraction of sp³-hybridized carbons (Fsp3) is 0.136. The van der Waals surface area contributed by atoms with E-state index in [0.29, 0.717) is 16.7 Å². The number of para-hydroxylation sites is 1. The molecule has 0 bridgehead atoms. The molecule has 0 aliphatic heterocycles. The normalized spacial score (nSPS) is 10.9. The number of rotatable bonds is 5. The van der Waals surface area contributed by atoms with Crippen molar-refractivity contribution in [1.82, 2.24) is 9.97 Å². The molecule has 0 N–H and O–H groups in total. The summed E-state index contributed by atoms with van der Waals surface area (Å²) in [4.78, 5) is 23.9. The maximum Gasteiger partial charge on any atom is 0.233 e. The molecule has 6 heteroatoms. The van der Waals surface area contributed by atoms with Crippen molar-refractivity contribution in [2.75, 3.05) is 4.90 Å². The number of fused-ring (bicyclic) bond motifs is 1. The van der Waals surface area contributed by atoms with Crippen LogP contribution in [0.5, 0.6) is 0 Å². The Kier molecular flexibility index (Phi) is 5.37. The highest BCUT2D eigenvalue weighted by atomic mass is 35.5. The van der Waals surface area contributed by atoms with E-state index < -0.39 is 0 Å². The van der Waals surface area contributed by atoms with Crippen molar-refractivity contribution in [1.29, 1.82) is 0 Å². The van der Waals surface area contributed by atoms with E-state index >= 15 is 0 Å². The summed E-state index contributed by atoms with van der Waals surface area (Å²) in [5.41, 5.74) is 3.79. The first-order valence-electron chi connectivity index (χ1n) is 8.90. The molecule has 0 radical (unpaired) electrons. The fourth-order valence-electron chi connectivity index (χ4n) is 3.03. The third-order valence-corrected chi connectivity index (χ3v) is 5.92. The second-order valence-corrected chi connectivity index (χ2v) is 7.94. The average Bonchev–Trinajstić information content (AvgIpc) is 3.14. The summed E-state index contributed by atoms with van der Waals surface area (Å²) in [6.07, 6.45) is 3.71. The summed E-state index contributed by atoms with van der Waals surface area (Å²) in [7, 11) is 0. The van der Waals surface area contributed by atoms with Gasteiger partial charge in [-0.05, 0) is 41.8 Å². The van der Waals surface area contributed by atoms with Gasteiger partial charge in [-0.1, -0.05) is 59.3 Å². The third kappa shape index (κ3) is 3.91. The molecule has 4 aromatic rings. The number of amides is 1. The molecule has 0 spiro atoms. The Hall–Kier alpha value is -2.76. The molecule has 0 fully saturated rings. The van der Waals surface area contributed by atoms with Gasteiger partial charge in [0.25, 0.3) is 0 Å². The average molecular weight is 408 g/mol. The zero-order chi connectivity index (χ0) is 19.5. The molecule has 2 heterocycles. The van der Waals surface area contributed by atoms with Gasteiger partial charge in [0.2, 0.25) is 5.91 Å². The summed E-state index contributed by atoms with van der Waals surface area (Å²) in [6, 6.07) is 17.3. The van der Waals surface area contributed by atoms with E-state index in [9.17, 15) is 4.79 Å². The molecule has 0 aliphatic rings. The number of aryl methyl sites for hydroxylation is 1. The van der Waals surface area contributed by atoms with E-state index in [1.165, 1.54) is 11.3 Å². The van der Waals surface area contributed by atoms with Crippen LogP contribution in [0.1, 0.15) is 16.7 Å². The highest BCUT2D eigenvalue weighted by Crippen LogP contribution is 2.32. The van der Waals surface area contributed by atoms with Crippen LogP contribution in [0.2, 0.25) is 5.02 Å². The van der Waals surface area contributed by atoms with Gasteiger partial charge in [-0.25, -0.2) is 4.98 Å². The third-order valence-electron chi connectivity index (χ3n) is 4.50. The predicted molar refractivity (Wildman–Crippen MR) is 115 cm³/mol. The van der Waals surface area contributed by atoms with Gasteiger partial charge < -0.3 is 0 Å². The minimum atomic E-state index is -0.0475. The number of hydrogen-bond donors (Lipinski definition) is 0. The van der Waals surface area contributed by atoms with Gasteiger partial charge in [0, 0.05) is 17.4 Å². The lowest BCUT2D eigenvalue weighted by Gasteiger charge is -2.20. The predicted octanol–water partition coefficient (Wildman–Crippen LogP) is 5.43. The number of carbonyl (C=O) groups excluding carboxylic acids is 1. The van der Waals surface area contributed by atoms with Crippen molar-refractivity contribution >= 4 is 44.2 Å². The van der Waals surface area contributed by atoms with Crippen molar-refractivity contribution in [3.63, 3.8) is 0 Å². The van der Waals surface area contributed by atoms with Crippen molar-refractivity contribution in [2.24, 2.45) is 0 Å². The molecule has 0 unspecified atom stereocenters. The van der Waals surface area contributed by atoms with Gasteiger partial charge in [-0.3, -0.25) is 14.7 Å². The first-order valence-corrected chi connectivity index (χ1v) is 10.1. The molecule has 0 aliphatic carbocycles. The number of nitrogens with zero attached hydrogens (tertiary/aromatic N) is 3. The molecular weight excluding hydrogens is 390 g/mol. The Morgan fingerprint density at radius 1 is 1.11 bits per heavy atom. The Morgan fingerprint density at radius 3 is 2.71 bits per heavy atom. The lowest BCUT2D eigenvalue weighted by atomic mass is 10.1. The van der Waals surface area contributed by atoms with E-state index in [1.54, 1.807) is 23.4 Å². The van der Waals surface area contributed by atoms with Crippen molar-refractivity contribution < 1.29 is 4.79 Å². The molecule has 140 valence electrons. The van der Waals surface area contributed by atoms with Crippen LogP contribution >= 0.6 is 22.9 Å². The Labute approximate surface area is 172 Å². The highest BCUT2D eigenvalue weighted by Gasteiger charge is 2.21. The molecule has 0 saturated heterocycles. The van der Waals surface area contributed by atoms with Crippen molar-refractivity contribution in [2.45, 2.75) is 19.9 Å². The minimum Gasteiger partial charge on any atom is -0.283 e. The maximum absolute atomic E-state index is 13.2. The second kappa shape index (κ2) is 8.09. The number of aromatic nitrogens is 2. The summed E-state index contributed by atoms with van der Waals surface area (Å²) in [5, 5.41) is 1.28. The fourth-order valence-corrected chi connectivity index (χ4v) is 4.29. The first kappa shape index (κ1) is 18.6. The molecular formula is C22H18ClN3OS. The van der Waals surface area contributed by atoms with Gasteiger partial charge >= 0.3 is 0 Å². The summed E-state index contributed by atoms with van der Waals surface area (Å²) >= 11 is 7.79. The Bertz CT molecular complexity index is 1130. The van der Waals surface area contributed by atoms with Crippen LogP contribution in [0.4, 0.5) is 5.13 Å². The molecule has 2 aromatic heterocycles. The number of thiazole rings is 1. The zero-order valence-electron chi connectivity index (χ0n) is 15.3. The Balaban J connectivity index is 1.71. The largest absolute Gasteiger partial charge is 0.283 e. The summed E-state index contributed by atoms with van der Waals surface area (Å²) < 4.78 is 1.07. The SMILES string of the molecule is Cc1cccc2sc(N(Cc3cccnc3)C(=O)Cc3ccccc3Cl)nc12. The number of halogens is 1. The maximum atomic E-state index is 13.2. The molecule has 0 saturated carbocycles. The van der Waals surface area contributed by atoms with Crippen LogP contribution in [-0.4, -0.2) is 15.9 Å². The molecule has 0 atom stereocenters. The van der Waals surface area contributed by atoms with Crippen molar-refractivity contribution in [3.05, 3.63) is 88.7 Å². The number of pyridine rings is 1. The quantitative estimate of drug-likeness (QED) is 0.443. The van der Waals surface area contributed by atoms with Crippen LogP contribution in [0, 0.1) is 6.92 Å². The van der Waals surface area contributed by atoms with Gasteiger partial charge in [0.05, 0.1) is 23.2 Å². The van der Waals surface area contributed by atoms with E-state index in [2.05, 4.69) is 4.98 Å². The van der Waals surface area contributed by atoms with E-state index in [1.807, 2.05) is 55.5 Å². The van der Waals surface area contributed by atoms with Crippen LogP contribution in [0.15, 0.2) is 67.0 Å². The summed E-state index contributed by atoms with van der Waals surface area (Å²) in [5.74, 6) is -0.0475. The van der Waals surface area contributed by atoms with Crippen LogP contribution in [0.25, 0.3) is 10.2 Å². The van der Waals surface area contributed by atoms with Gasteiger partial charge in [0.1, 0.15) is 0 Å². The van der Waals surface area contributed by atoms with Crippen molar-refractivity contribution in [3.8, 4) is 0 Å². The van der Waals surface area contributed by atoms with Crippen LogP contribution in [0.3, 0.4) is 0 Å². The first-order chi connectivity index (χ1) is 13.6. The van der Waals surface area contributed by atoms with Gasteiger partial charge in [-0.15, -0.1) is 0 Å². The lowest BCUT2D eigenvalue weighted by molar-refractivity contribution is -0.118. The second-order valence-electron chi connectivity index (χ2n) is 6.53. The molecule has 1 amide bonds. The molecule has 4 rings (SSSR count). The number of carbonyl (C=O) groups is 1. The monoisotopic (exact) mass is 407 g/mol. The van der Waals surface area contributed by atoms with Crippen LogP contribution < -0.4 is 4.90 Å². The van der Waals surface area contributed by atoms with Crippen LogP contribution in [-0.2, 0) is 17.8 Å². The standard InChI is InChI=1S/C22H18ClN3OS/c1-15-6-4-10-19-21(15)25-22(28-19)26(14-16-7-5-11-24-13-16)20(27)12-17-8-2-3-9-18(17)23/h2-11,13H,12,14H2,1H3. The lowest BCUT2D eigenvalue weighted by Crippen LogP contribution is -2.31. The number of hydrogen-bond acceptors (Lipinski definition) is 4. The topological polar surface area (TPSA) is 46.1 Å². The number of benzene rings is 2. The minimum absolute atomic E-state index is 0.0475. The zero-order valence-corrected chi connectivity index (χ0v) is 16.9. The molecule has 4 nitrogen and oxygen atoms in total. The van der Waals surface area contributed by atoms with Gasteiger partial charge in [-0.2, -0.15) is 0 Å². The van der Waals surface area contributed by atoms with E-state index in [-0.39, 0.29) is 12.3 Å². The molecule has 2 aromatic carbocycles. The highest BCUT2D eigenvalue weighted by molar-refractivity contribution is 7.22. The smallest absolute Gasteiger partial charge is 0.233 e. The number of anilines is 1. The Morgan fingerprint density at radius 2 is 1.96 bits per heavy atom. The summed E-state index contributed by atoms with van der Waals surface area (Å²) in [6.45, 7) is 2.44.